The van der Waals surface area contributed by atoms with Crippen LogP contribution in [0.4, 0.5) is 5.82 Å². The Balaban J connectivity index is 2.08. The maximum Gasteiger partial charge on any atom is 0.294 e. The van der Waals surface area contributed by atoms with E-state index in [1.54, 1.807) is 0 Å². The average molecular weight is 179 g/mol. The zero-order chi connectivity index (χ0) is 9.10. The summed E-state index contributed by atoms with van der Waals surface area (Å²) in [6.07, 6.45) is 2.60. The molecule has 7 nitrogen and oxygen atoms in total. The lowest BCUT2D eigenvalue weighted by Gasteiger charge is -1.94. The van der Waals surface area contributed by atoms with Crippen molar-refractivity contribution in [2.24, 2.45) is 0 Å². The van der Waals surface area contributed by atoms with Crippen LogP contribution in [0.2, 0.25) is 0 Å². The Bertz CT molecular complexity index is 379. The molecule has 0 saturated carbocycles. The molecule has 0 unspecified atom stereocenters. The number of anilines is 1. The third-order valence-corrected chi connectivity index (χ3v) is 1.31. The van der Waals surface area contributed by atoms with Gasteiger partial charge >= 0.3 is 0 Å². The molecule has 2 aromatic rings. The molecule has 0 radical (unpaired) electrons. The molecule has 0 bridgehead atoms. The molecular weight excluding hydrogens is 174 g/mol. The highest BCUT2D eigenvalue weighted by atomic mass is 16.5. The highest BCUT2D eigenvalue weighted by Gasteiger charge is 2.09. The van der Waals surface area contributed by atoms with Crippen molar-refractivity contribution < 1.29 is 9.32 Å². The topological polar surface area (TPSA) is 96.7 Å². The number of amides is 1. The molecular formula is C6H5N5O2. The number of hydrogen-bond acceptors (Lipinski definition) is 5. The van der Waals surface area contributed by atoms with E-state index < -0.39 is 5.91 Å². The van der Waals surface area contributed by atoms with Gasteiger partial charge in [0.1, 0.15) is 12.6 Å². The quantitative estimate of drug-likeness (QED) is 0.678. The number of H-pyrrole nitrogens is 1. The predicted octanol–water partition coefficient (Wildman–Crippen LogP) is 0.0450. The van der Waals surface area contributed by atoms with Crippen molar-refractivity contribution in [2.45, 2.75) is 0 Å². The monoisotopic (exact) mass is 179 g/mol. The van der Waals surface area contributed by atoms with Crippen molar-refractivity contribution in [3.63, 3.8) is 0 Å². The van der Waals surface area contributed by atoms with Gasteiger partial charge in [0.2, 0.25) is 5.82 Å². The van der Waals surface area contributed by atoms with Crippen LogP contribution in [0.25, 0.3) is 0 Å². The second-order valence-corrected chi connectivity index (χ2v) is 2.17. The molecule has 0 saturated heterocycles. The first-order valence-electron chi connectivity index (χ1n) is 3.43. The summed E-state index contributed by atoms with van der Waals surface area (Å²) in [5, 5.41) is 11.9. The van der Waals surface area contributed by atoms with Gasteiger partial charge in [-0.3, -0.25) is 9.89 Å². The molecule has 0 aliphatic rings. The highest BCUT2D eigenvalue weighted by Crippen LogP contribution is 2.02. The molecule has 1 amide bonds. The number of nitrogens with one attached hydrogen (secondary N) is 2. The third-order valence-electron chi connectivity index (χ3n) is 1.31. The summed E-state index contributed by atoms with van der Waals surface area (Å²) in [6, 6.07) is 1.52. The van der Waals surface area contributed by atoms with Crippen LogP contribution in [0.5, 0.6) is 0 Å². The van der Waals surface area contributed by atoms with Crippen LogP contribution in [-0.2, 0) is 0 Å². The molecule has 0 aromatic carbocycles. The third kappa shape index (κ3) is 1.53. The Morgan fingerprint density at radius 1 is 1.62 bits per heavy atom. The Kier molecular flexibility index (Phi) is 1.75. The number of carbonyl (C=O) groups excluding carboxylic acids is 1. The van der Waals surface area contributed by atoms with Crippen molar-refractivity contribution in [2.75, 3.05) is 5.32 Å². The zero-order valence-corrected chi connectivity index (χ0v) is 6.39. The van der Waals surface area contributed by atoms with E-state index in [0.717, 1.165) is 0 Å². The molecule has 2 N–H and O–H groups in total. The van der Waals surface area contributed by atoms with Crippen LogP contribution in [0.15, 0.2) is 23.2 Å². The second-order valence-electron chi connectivity index (χ2n) is 2.17. The second kappa shape index (κ2) is 3.05. The van der Waals surface area contributed by atoms with Gasteiger partial charge in [-0.05, 0) is 0 Å². The smallest absolute Gasteiger partial charge is 0.294 e. The van der Waals surface area contributed by atoms with Crippen LogP contribution in [-0.4, -0.2) is 26.2 Å². The van der Waals surface area contributed by atoms with Crippen molar-refractivity contribution in [3.05, 3.63) is 24.5 Å². The van der Waals surface area contributed by atoms with E-state index in [4.69, 9.17) is 0 Å². The molecule has 2 heterocycles. The van der Waals surface area contributed by atoms with Crippen molar-refractivity contribution >= 4 is 11.7 Å². The molecule has 0 aliphatic heterocycles. The van der Waals surface area contributed by atoms with Crippen LogP contribution < -0.4 is 5.32 Å². The van der Waals surface area contributed by atoms with E-state index in [2.05, 4.69) is 30.2 Å². The van der Waals surface area contributed by atoms with Crippen molar-refractivity contribution in [1.82, 2.24) is 20.3 Å². The number of aromatic amines is 1. The van der Waals surface area contributed by atoms with Gasteiger partial charge in [-0.25, -0.2) is 4.98 Å². The zero-order valence-electron chi connectivity index (χ0n) is 6.39. The molecule has 0 fully saturated rings. The minimum atomic E-state index is -0.411. The molecule has 0 spiro atoms. The first kappa shape index (κ1) is 7.47. The number of hydrogen-bond donors (Lipinski definition) is 2. The lowest BCUT2D eigenvalue weighted by molar-refractivity contribution is 0.101. The maximum absolute atomic E-state index is 11.2. The van der Waals surface area contributed by atoms with Gasteiger partial charge in [0.15, 0.2) is 5.82 Å². The van der Waals surface area contributed by atoms with Gasteiger partial charge in [0, 0.05) is 6.07 Å². The summed E-state index contributed by atoms with van der Waals surface area (Å²) >= 11 is 0. The van der Waals surface area contributed by atoms with Crippen molar-refractivity contribution in [3.8, 4) is 0 Å². The van der Waals surface area contributed by atoms with Crippen molar-refractivity contribution in [1.29, 1.82) is 0 Å². The number of nitrogens with zero attached hydrogens (tertiary/aromatic N) is 3. The molecule has 7 heteroatoms. The standard InChI is InChI=1S/C6H5N5O2/c12-6(5-7-3-8-10-5)9-4-1-2-13-11-4/h1-3H,(H,7,8,10)(H,9,11,12). The van der Waals surface area contributed by atoms with E-state index in [-0.39, 0.29) is 5.82 Å². The normalized spacial score (nSPS) is 9.85. The molecule has 2 rings (SSSR count). The molecule has 0 aliphatic carbocycles. The summed E-state index contributed by atoms with van der Waals surface area (Å²) in [7, 11) is 0. The van der Waals surface area contributed by atoms with Gasteiger partial charge in [-0.2, -0.15) is 5.10 Å². The number of carbonyl (C=O) groups is 1. The van der Waals surface area contributed by atoms with E-state index >= 15 is 0 Å². The Morgan fingerprint density at radius 3 is 3.15 bits per heavy atom. The van der Waals surface area contributed by atoms with Crippen LogP contribution in [0.3, 0.4) is 0 Å². The minimum absolute atomic E-state index is 0.128. The maximum atomic E-state index is 11.2. The molecule has 2 aromatic heterocycles. The van der Waals surface area contributed by atoms with E-state index in [9.17, 15) is 4.79 Å². The van der Waals surface area contributed by atoms with Gasteiger partial charge in [0.05, 0.1) is 0 Å². The Hall–Kier alpha value is -2.18. The van der Waals surface area contributed by atoms with Crippen LogP contribution in [0.1, 0.15) is 10.6 Å². The summed E-state index contributed by atoms with van der Waals surface area (Å²) < 4.78 is 4.52. The highest BCUT2D eigenvalue weighted by molar-refractivity contribution is 6.00. The first-order valence-corrected chi connectivity index (χ1v) is 3.43. The fourth-order valence-electron chi connectivity index (χ4n) is 0.767. The molecule has 66 valence electrons. The minimum Gasteiger partial charge on any atom is -0.363 e. The van der Waals surface area contributed by atoms with Crippen LogP contribution >= 0.6 is 0 Å². The van der Waals surface area contributed by atoms with Gasteiger partial charge in [-0.1, -0.05) is 5.16 Å². The predicted molar refractivity (Wildman–Crippen MR) is 40.8 cm³/mol. The summed E-state index contributed by atoms with van der Waals surface area (Å²) in [6.45, 7) is 0. The molecule has 13 heavy (non-hydrogen) atoms. The van der Waals surface area contributed by atoms with E-state index in [1.165, 1.54) is 18.7 Å². The fraction of sp³-hybridized carbons (Fsp3) is 0. The lowest BCUT2D eigenvalue weighted by Crippen LogP contribution is -2.13. The Morgan fingerprint density at radius 2 is 2.54 bits per heavy atom. The largest absolute Gasteiger partial charge is 0.363 e. The van der Waals surface area contributed by atoms with Gasteiger partial charge in [0.25, 0.3) is 5.91 Å². The number of rotatable bonds is 2. The Labute approximate surface area is 72.1 Å². The van der Waals surface area contributed by atoms with Gasteiger partial charge in [-0.15, -0.1) is 0 Å². The SMILES string of the molecule is O=C(Nc1ccon1)c1ncn[nH]1. The molecule has 0 atom stereocenters. The van der Waals surface area contributed by atoms with E-state index in [1.807, 2.05) is 0 Å². The average Bonchev–Trinajstić information content (AvgIpc) is 2.74. The fourth-order valence-corrected chi connectivity index (χ4v) is 0.767. The van der Waals surface area contributed by atoms with E-state index in [0.29, 0.717) is 5.82 Å². The first-order chi connectivity index (χ1) is 6.36. The van der Waals surface area contributed by atoms with Crippen LogP contribution in [0, 0.1) is 0 Å². The lowest BCUT2D eigenvalue weighted by atomic mass is 10.5. The van der Waals surface area contributed by atoms with Gasteiger partial charge < -0.3 is 9.84 Å². The summed E-state index contributed by atoms with van der Waals surface area (Å²) in [5.74, 6) is 0.0517. The number of aromatic nitrogens is 4. The summed E-state index contributed by atoms with van der Waals surface area (Å²) in [4.78, 5) is 14.9. The summed E-state index contributed by atoms with van der Waals surface area (Å²) in [5.41, 5.74) is 0.